The van der Waals surface area contributed by atoms with Gasteiger partial charge in [0.15, 0.2) is 5.65 Å². The van der Waals surface area contributed by atoms with Gasteiger partial charge >= 0.3 is 0 Å². The van der Waals surface area contributed by atoms with Gasteiger partial charge < -0.3 is 14.2 Å². The summed E-state index contributed by atoms with van der Waals surface area (Å²) in [7, 11) is 0. The average molecular weight is 473 g/mol. The SMILES string of the molecule is CCCCCC(=O)N1CCN(c2ccc(-c3cnc(CCc4ccco4)n4cnnc34)cc2)CC1. The number of aromatic nitrogens is 4. The van der Waals surface area contributed by atoms with Gasteiger partial charge in [0.05, 0.1) is 6.26 Å². The standard InChI is InChI=1S/C27H32N6O2/c1-2-3-4-7-26(34)32-16-14-31(15-17-32)22-10-8-21(9-11-22)24-19-28-25(33-20-29-30-27(24)33)13-12-23-6-5-18-35-23/h5-6,8-11,18-20H,2-4,7,12-17H2,1H3. The molecule has 1 fully saturated rings. The third-order valence-corrected chi connectivity index (χ3v) is 6.75. The Bertz CT molecular complexity index is 1240. The zero-order valence-corrected chi connectivity index (χ0v) is 20.3. The predicted molar refractivity (Wildman–Crippen MR) is 135 cm³/mol. The predicted octanol–water partition coefficient (Wildman–Crippen LogP) is 4.40. The minimum atomic E-state index is 0.297. The molecule has 5 rings (SSSR count). The van der Waals surface area contributed by atoms with Crippen LogP contribution in [0.25, 0.3) is 16.8 Å². The Hall–Kier alpha value is -3.68. The Morgan fingerprint density at radius 3 is 2.60 bits per heavy atom. The molecular formula is C27H32N6O2. The van der Waals surface area contributed by atoms with Crippen molar-refractivity contribution in [3.8, 4) is 11.1 Å². The number of amides is 1. The lowest BCUT2D eigenvalue weighted by Gasteiger charge is -2.36. The van der Waals surface area contributed by atoms with Crippen molar-refractivity contribution in [2.24, 2.45) is 0 Å². The number of carbonyl (C=O) groups excluding carboxylic acids is 1. The van der Waals surface area contributed by atoms with E-state index in [0.29, 0.717) is 12.3 Å². The molecule has 0 radical (unpaired) electrons. The Morgan fingerprint density at radius 2 is 1.86 bits per heavy atom. The summed E-state index contributed by atoms with van der Waals surface area (Å²) in [5.41, 5.74) is 3.99. The zero-order chi connectivity index (χ0) is 24.0. The second-order valence-corrected chi connectivity index (χ2v) is 9.06. The Morgan fingerprint density at radius 1 is 1.03 bits per heavy atom. The fraction of sp³-hybridized carbons (Fsp3) is 0.407. The van der Waals surface area contributed by atoms with E-state index in [2.05, 4.69) is 46.3 Å². The van der Waals surface area contributed by atoms with Gasteiger partial charge in [0, 0.05) is 62.9 Å². The lowest BCUT2D eigenvalue weighted by Crippen LogP contribution is -2.48. The third kappa shape index (κ3) is 5.21. The van der Waals surface area contributed by atoms with E-state index < -0.39 is 0 Å². The van der Waals surface area contributed by atoms with Crippen molar-refractivity contribution >= 4 is 17.2 Å². The summed E-state index contributed by atoms with van der Waals surface area (Å²) in [6, 6.07) is 12.4. The number of rotatable bonds is 9. The minimum Gasteiger partial charge on any atom is -0.469 e. The number of piperazine rings is 1. The highest BCUT2D eigenvalue weighted by molar-refractivity contribution is 5.78. The molecular weight excluding hydrogens is 440 g/mol. The molecule has 3 aromatic heterocycles. The molecule has 1 aliphatic rings. The number of furan rings is 1. The second kappa shape index (κ2) is 10.7. The van der Waals surface area contributed by atoms with Gasteiger partial charge in [0.25, 0.3) is 0 Å². The van der Waals surface area contributed by atoms with Gasteiger partial charge in [-0.3, -0.25) is 9.20 Å². The van der Waals surface area contributed by atoms with Gasteiger partial charge in [-0.05, 0) is 36.2 Å². The highest BCUT2D eigenvalue weighted by Gasteiger charge is 2.21. The number of benzene rings is 1. The van der Waals surface area contributed by atoms with Crippen molar-refractivity contribution in [3.05, 3.63) is 66.8 Å². The molecule has 8 heteroatoms. The number of carbonyl (C=O) groups is 1. The van der Waals surface area contributed by atoms with E-state index in [1.807, 2.05) is 27.6 Å². The number of unbranched alkanes of at least 4 members (excludes halogenated alkanes) is 2. The fourth-order valence-electron chi connectivity index (χ4n) is 4.70. The van der Waals surface area contributed by atoms with Crippen LogP contribution >= 0.6 is 0 Å². The van der Waals surface area contributed by atoms with Gasteiger partial charge in [-0.2, -0.15) is 0 Å². The quantitative estimate of drug-likeness (QED) is 0.336. The molecule has 182 valence electrons. The summed E-state index contributed by atoms with van der Waals surface area (Å²) in [5, 5.41) is 8.50. The maximum Gasteiger partial charge on any atom is 0.222 e. The van der Waals surface area contributed by atoms with E-state index in [-0.39, 0.29) is 0 Å². The van der Waals surface area contributed by atoms with E-state index in [1.54, 1.807) is 12.6 Å². The van der Waals surface area contributed by atoms with Crippen LogP contribution in [-0.2, 0) is 17.6 Å². The van der Waals surface area contributed by atoms with Crippen LogP contribution in [0.5, 0.6) is 0 Å². The number of anilines is 1. The number of aryl methyl sites for hydroxylation is 2. The van der Waals surface area contributed by atoms with Crippen LogP contribution in [0.4, 0.5) is 5.69 Å². The highest BCUT2D eigenvalue weighted by Crippen LogP contribution is 2.27. The fourth-order valence-corrected chi connectivity index (χ4v) is 4.70. The molecule has 35 heavy (non-hydrogen) atoms. The van der Waals surface area contributed by atoms with Crippen molar-refractivity contribution in [3.63, 3.8) is 0 Å². The summed E-state index contributed by atoms with van der Waals surface area (Å²) in [4.78, 5) is 21.5. The van der Waals surface area contributed by atoms with E-state index >= 15 is 0 Å². The highest BCUT2D eigenvalue weighted by atomic mass is 16.3. The molecule has 8 nitrogen and oxygen atoms in total. The zero-order valence-electron chi connectivity index (χ0n) is 20.3. The molecule has 0 unspecified atom stereocenters. The molecule has 0 spiro atoms. The van der Waals surface area contributed by atoms with Crippen LogP contribution in [-0.4, -0.2) is 56.6 Å². The number of hydrogen-bond acceptors (Lipinski definition) is 6. The van der Waals surface area contributed by atoms with Crippen molar-refractivity contribution in [2.75, 3.05) is 31.1 Å². The van der Waals surface area contributed by atoms with Crippen LogP contribution < -0.4 is 4.90 Å². The summed E-state index contributed by atoms with van der Waals surface area (Å²) in [5.74, 6) is 2.14. The number of hydrogen-bond donors (Lipinski definition) is 0. The maximum absolute atomic E-state index is 12.4. The average Bonchev–Trinajstić information content (AvgIpc) is 3.60. The van der Waals surface area contributed by atoms with Crippen molar-refractivity contribution < 1.29 is 9.21 Å². The minimum absolute atomic E-state index is 0.297. The Kier molecular flexibility index (Phi) is 7.07. The lowest BCUT2D eigenvalue weighted by molar-refractivity contribution is -0.131. The van der Waals surface area contributed by atoms with E-state index in [9.17, 15) is 4.79 Å². The van der Waals surface area contributed by atoms with Gasteiger partial charge in [0.1, 0.15) is 17.9 Å². The molecule has 1 aliphatic heterocycles. The van der Waals surface area contributed by atoms with E-state index in [0.717, 1.165) is 86.6 Å². The van der Waals surface area contributed by atoms with Crippen molar-refractivity contribution in [1.82, 2.24) is 24.5 Å². The van der Waals surface area contributed by atoms with E-state index in [4.69, 9.17) is 9.40 Å². The molecule has 1 aromatic carbocycles. The van der Waals surface area contributed by atoms with Crippen LogP contribution in [0.3, 0.4) is 0 Å². The molecule has 4 heterocycles. The van der Waals surface area contributed by atoms with Gasteiger partial charge in [0.2, 0.25) is 5.91 Å². The van der Waals surface area contributed by atoms with Crippen LogP contribution in [0.15, 0.2) is 59.6 Å². The summed E-state index contributed by atoms with van der Waals surface area (Å²) < 4.78 is 7.41. The molecule has 0 saturated carbocycles. The van der Waals surface area contributed by atoms with E-state index in [1.165, 1.54) is 5.69 Å². The molecule has 1 saturated heterocycles. The second-order valence-electron chi connectivity index (χ2n) is 9.06. The maximum atomic E-state index is 12.4. The normalized spacial score (nSPS) is 14.1. The first kappa shape index (κ1) is 23.1. The largest absolute Gasteiger partial charge is 0.469 e. The van der Waals surface area contributed by atoms with Crippen molar-refractivity contribution in [2.45, 2.75) is 45.4 Å². The molecule has 0 N–H and O–H groups in total. The lowest BCUT2D eigenvalue weighted by atomic mass is 10.1. The third-order valence-electron chi connectivity index (χ3n) is 6.75. The van der Waals surface area contributed by atoms with Gasteiger partial charge in [-0.25, -0.2) is 4.98 Å². The number of nitrogens with zero attached hydrogens (tertiary/aromatic N) is 6. The van der Waals surface area contributed by atoms with Crippen molar-refractivity contribution in [1.29, 1.82) is 0 Å². The number of fused-ring (bicyclic) bond motifs is 1. The van der Waals surface area contributed by atoms with Gasteiger partial charge in [-0.15, -0.1) is 10.2 Å². The Labute approximate surface area is 205 Å². The molecule has 0 atom stereocenters. The monoisotopic (exact) mass is 472 g/mol. The molecule has 1 amide bonds. The summed E-state index contributed by atoms with van der Waals surface area (Å²) in [6.45, 7) is 5.46. The first-order valence-corrected chi connectivity index (χ1v) is 12.6. The molecule has 4 aromatic rings. The first-order chi connectivity index (χ1) is 17.2. The topological polar surface area (TPSA) is 79.8 Å². The molecule has 0 bridgehead atoms. The van der Waals surface area contributed by atoms with Crippen LogP contribution in [0.2, 0.25) is 0 Å². The smallest absolute Gasteiger partial charge is 0.222 e. The van der Waals surface area contributed by atoms with Crippen LogP contribution in [0.1, 0.15) is 44.2 Å². The first-order valence-electron chi connectivity index (χ1n) is 12.6. The summed E-state index contributed by atoms with van der Waals surface area (Å²) >= 11 is 0. The molecule has 0 aliphatic carbocycles. The van der Waals surface area contributed by atoms with Gasteiger partial charge in [-0.1, -0.05) is 31.9 Å². The summed E-state index contributed by atoms with van der Waals surface area (Å²) in [6.07, 6.45) is 10.8. The van der Waals surface area contributed by atoms with Crippen LogP contribution in [0, 0.1) is 0 Å². The Balaban J connectivity index is 1.24.